The average molecular weight is 406 g/mol. The summed E-state index contributed by atoms with van der Waals surface area (Å²) in [5.41, 5.74) is 7.08. The number of rotatable bonds is 3. The van der Waals surface area contributed by atoms with Crippen LogP contribution < -0.4 is 5.73 Å². The van der Waals surface area contributed by atoms with E-state index in [4.69, 9.17) is 10.5 Å². The predicted octanol–water partition coefficient (Wildman–Crippen LogP) is 2.63. The molecule has 2 N–H and O–H groups in total. The Bertz CT molecular complexity index is 1170. The number of nitro benzene ring substituents is 1. The quantitative estimate of drug-likeness (QED) is 0.603. The number of carbonyl (C=O) groups excluding carboxylic acids is 1. The van der Waals surface area contributed by atoms with Crippen molar-refractivity contribution in [3.63, 3.8) is 0 Å². The number of ketones is 1. The zero-order chi connectivity index (χ0) is 21.6. The first-order chi connectivity index (χ1) is 14.2. The molecule has 1 aliphatic heterocycles. The predicted molar refractivity (Wildman–Crippen MR) is 104 cm³/mol. The molecule has 0 bridgehead atoms. The van der Waals surface area contributed by atoms with Crippen molar-refractivity contribution in [2.24, 2.45) is 11.1 Å². The lowest BCUT2D eigenvalue weighted by Crippen LogP contribution is -2.33. The molecule has 0 radical (unpaired) electrons. The third-order valence-corrected chi connectivity index (χ3v) is 5.21. The zero-order valence-corrected chi connectivity index (χ0v) is 16.3. The van der Waals surface area contributed by atoms with Crippen molar-refractivity contribution in [3.05, 3.63) is 69.1 Å². The van der Waals surface area contributed by atoms with Crippen LogP contribution >= 0.6 is 0 Å². The van der Waals surface area contributed by atoms with Gasteiger partial charge in [0.25, 0.3) is 5.69 Å². The van der Waals surface area contributed by atoms with E-state index >= 15 is 0 Å². The molecular weight excluding hydrogens is 388 g/mol. The molecular formula is C20H18N6O4. The maximum Gasteiger partial charge on any atom is 0.269 e. The Morgan fingerprint density at radius 3 is 2.67 bits per heavy atom. The lowest BCUT2D eigenvalue weighted by atomic mass is 9.71. The number of benzene rings is 1. The summed E-state index contributed by atoms with van der Waals surface area (Å²) in [5, 5.41) is 28.7. The molecule has 2 heterocycles. The molecule has 1 aromatic heterocycles. The minimum absolute atomic E-state index is 0.0448. The van der Waals surface area contributed by atoms with E-state index in [1.165, 1.54) is 28.9 Å². The summed E-state index contributed by atoms with van der Waals surface area (Å²) >= 11 is 0. The second-order valence-electron chi connectivity index (χ2n) is 8.06. The molecule has 1 unspecified atom stereocenters. The third-order valence-electron chi connectivity index (χ3n) is 5.21. The van der Waals surface area contributed by atoms with Crippen molar-refractivity contribution in [1.82, 2.24) is 15.0 Å². The van der Waals surface area contributed by atoms with Gasteiger partial charge in [-0.2, -0.15) is 5.26 Å². The fourth-order valence-corrected chi connectivity index (χ4v) is 3.84. The first kappa shape index (κ1) is 19.3. The summed E-state index contributed by atoms with van der Waals surface area (Å²) in [5.74, 6) is -0.468. The molecule has 2 aromatic rings. The van der Waals surface area contributed by atoms with Crippen LogP contribution in [0, 0.1) is 26.9 Å². The van der Waals surface area contributed by atoms with Crippen LogP contribution in [0.5, 0.6) is 0 Å². The van der Waals surface area contributed by atoms with Gasteiger partial charge in [0.15, 0.2) is 5.78 Å². The molecule has 4 rings (SSSR count). The number of carbonyl (C=O) groups is 1. The van der Waals surface area contributed by atoms with E-state index in [1.807, 2.05) is 19.9 Å². The van der Waals surface area contributed by atoms with E-state index in [0.29, 0.717) is 35.6 Å². The van der Waals surface area contributed by atoms with Gasteiger partial charge in [0.1, 0.15) is 17.4 Å². The highest BCUT2D eigenvalue weighted by atomic mass is 16.6. The normalized spacial score (nSPS) is 20.4. The molecule has 1 atom stereocenters. The number of non-ortho nitro benzene ring substituents is 1. The van der Waals surface area contributed by atoms with E-state index in [2.05, 4.69) is 10.3 Å². The summed E-state index contributed by atoms with van der Waals surface area (Å²) in [6, 6.07) is 7.83. The monoisotopic (exact) mass is 406 g/mol. The van der Waals surface area contributed by atoms with Gasteiger partial charge in [-0.15, -0.1) is 5.10 Å². The van der Waals surface area contributed by atoms with Crippen molar-refractivity contribution >= 4 is 11.5 Å². The first-order valence-corrected chi connectivity index (χ1v) is 9.21. The number of aromatic nitrogens is 3. The van der Waals surface area contributed by atoms with Gasteiger partial charge in [0.2, 0.25) is 5.88 Å². The summed E-state index contributed by atoms with van der Waals surface area (Å²) < 4.78 is 7.08. The van der Waals surface area contributed by atoms with Crippen molar-refractivity contribution in [2.45, 2.75) is 32.6 Å². The largest absolute Gasteiger partial charge is 0.444 e. The summed E-state index contributed by atoms with van der Waals surface area (Å²) in [6.07, 6.45) is 2.42. The molecule has 10 heteroatoms. The zero-order valence-electron chi connectivity index (χ0n) is 16.3. The number of ether oxygens (including phenoxy) is 1. The van der Waals surface area contributed by atoms with Crippen LogP contribution in [0.3, 0.4) is 0 Å². The lowest BCUT2D eigenvalue weighted by molar-refractivity contribution is -0.384. The van der Waals surface area contributed by atoms with Crippen LogP contribution in [-0.2, 0) is 9.53 Å². The van der Waals surface area contributed by atoms with Gasteiger partial charge in [-0.3, -0.25) is 14.9 Å². The highest BCUT2D eigenvalue weighted by Crippen LogP contribution is 2.47. The number of hydrogen-bond acceptors (Lipinski definition) is 8. The van der Waals surface area contributed by atoms with Crippen molar-refractivity contribution in [3.8, 4) is 11.8 Å². The highest BCUT2D eigenvalue weighted by molar-refractivity contribution is 5.99. The molecule has 0 fully saturated rings. The average Bonchev–Trinajstić information content (AvgIpc) is 3.15. The Labute approximate surface area is 171 Å². The number of nitro groups is 1. The van der Waals surface area contributed by atoms with Gasteiger partial charge in [-0.25, -0.2) is 4.68 Å². The second kappa shape index (κ2) is 6.81. The van der Waals surface area contributed by atoms with Crippen LogP contribution in [0.4, 0.5) is 5.69 Å². The van der Waals surface area contributed by atoms with Crippen LogP contribution in [-0.4, -0.2) is 25.7 Å². The van der Waals surface area contributed by atoms with Gasteiger partial charge in [0, 0.05) is 30.5 Å². The molecule has 0 saturated carbocycles. The maximum absolute atomic E-state index is 12.9. The molecule has 1 aromatic carbocycles. The number of nitriles is 1. The fraction of sp³-hybridized carbons (Fsp3) is 0.300. The number of Topliss-reactive ketones (excluding diaryl/α,β-unsaturated/α-hetero) is 1. The number of hydrogen-bond donors (Lipinski definition) is 1. The Morgan fingerprint density at radius 1 is 1.33 bits per heavy atom. The Balaban J connectivity index is 1.77. The lowest BCUT2D eigenvalue weighted by Gasteiger charge is -2.36. The number of allylic oxidation sites excluding steroid dienone is 3. The van der Waals surface area contributed by atoms with Crippen molar-refractivity contribution < 1.29 is 14.5 Å². The van der Waals surface area contributed by atoms with Crippen LogP contribution in [0.2, 0.25) is 0 Å². The van der Waals surface area contributed by atoms with Crippen molar-refractivity contribution in [2.75, 3.05) is 0 Å². The minimum Gasteiger partial charge on any atom is -0.444 e. The molecule has 152 valence electrons. The Hall–Kier alpha value is -4.00. The summed E-state index contributed by atoms with van der Waals surface area (Å²) in [6.45, 7) is 3.94. The van der Waals surface area contributed by atoms with E-state index in [-0.39, 0.29) is 28.3 Å². The Kier molecular flexibility index (Phi) is 4.38. The van der Waals surface area contributed by atoms with E-state index in [9.17, 15) is 20.2 Å². The van der Waals surface area contributed by atoms with Gasteiger partial charge in [-0.1, -0.05) is 19.1 Å². The Morgan fingerprint density at radius 2 is 2.03 bits per heavy atom. The van der Waals surface area contributed by atoms with Crippen LogP contribution in [0.1, 0.15) is 38.3 Å². The van der Waals surface area contributed by atoms with Crippen LogP contribution in [0.15, 0.2) is 53.3 Å². The SMILES string of the molecule is CC1(C)CC(=O)C2=C(C1)OC(N)=C(C#N)C2c1cn(-c2ccc([N+](=O)[O-])cc2)nn1. The van der Waals surface area contributed by atoms with Gasteiger partial charge >= 0.3 is 0 Å². The van der Waals surface area contributed by atoms with Crippen LogP contribution in [0.25, 0.3) is 5.69 Å². The molecule has 1 aliphatic carbocycles. The van der Waals surface area contributed by atoms with Crippen molar-refractivity contribution in [1.29, 1.82) is 5.26 Å². The summed E-state index contributed by atoms with van der Waals surface area (Å²) in [7, 11) is 0. The fourth-order valence-electron chi connectivity index (χ4n) is 3.84. The van der Waals surface area contributed by atoms with E-state index in [0.717, 1.165) is 0 Å². The number of nitrogens with zero attached hydrogens (tertiary/aromatic N) is 5. The smallest absolute Gasteiger partial charge is 0.269 e. The molecule has 0 saturated heterocycles. The molecule has 0 spiro atoms. The topological polar surface area (TPSA) is 150 Å². The van der Waals surface area contributed by atoms with E-state index < -0.39 is 10.8 Å². The summed E-state index contributed by atoms with van der Waals surface area (Å²) in [4.78, 5) is 23.3. The first-order valence-electron chi connectivity index (χ1n) is 9.21. The third kappa shape index (κ3) is 3.20. The minimum atomic E-state index is -0.769. The molecule has 30 heavy (non-hydrogen) atoms. The maximum atomic E-state index is 12.9. The van der Waals surface area contributed by atoms with Gasteiger partial charge in [-0.05, 0) is 17.5 Å². The van der Waals surface area contributed by atoms with Gasteiger partial charge < -0.3 is 10.5 Å². The molecule has 10 nitrogen and oxygen atoms in total. The highest BCUT2D eigenvalue weighted by Gasteiger charge is 2.44. The molecule has 2 aliphatic rings. The standard InChI is InChI=1S/C20H18N6O4/c1-20(2)7-15(27)18-16(8-20)30-19(22)13(9-21)17(18)14-10-25(24-23-14)11-3-5-12(6-4-11)26(28)29/h3-6,10,17H,7-8,22H2,1-2H3. The second-order valence-corrected chi connectivity index (χ2v) is 8.06. The molecule has 0 amide bonds. The number of nitrogens with two attached hydrogens (primary N) is 1. The van der Waals surface area contributed by atoms with Gasteiger partial charge in [0.05, 0.1) is 28.4 Å². The van der Waals surface area contributed by atoms with E-state index in [1.54, 1.807) is 6.20 Å².